The van der Waals surface area contributed by atoms with Gasteiger partial charge in [0.25, 0.3) is 0 Å². The molecule has 9 nitrogen and oxygen atoms in total. The molecule has 1 saturated heterocycles. The van der Waals surface area contributed by atoms with Gasteiger partial charge in [0, 0.05) is 25.8 Å². The first-order valence-electron chi connectivity index (χ1n) is 11.3. The summed E-state index contributed by atoms with van der Waals surface area (Å²) in [5.41, 5.74) is 8.43. The highest BCUT2D eigenvalue weighted by Crippen LogP contribution is 2.35. The average molecular weight is 471 g/mol. The molecule has 0 bridgehead atoms. The van der Waals surface area contributed by atoms with Gasteiger partial charge in [0.1, 0.15) is 29.3 Å². The maximum atomic E-state index is 12.4. The van der Waals surface area contributed by atoms with Crippen LogP contribution in [0.1, 0.15) is 12.5 Å². The van der Waals surface area contributed by atoms with Crippen LogP contribution in [-0.4, -0.2) is 56.9 Å². The molecule has 1 aliphatic heterocycles. The number of carbonyl (C=O) groups is 1. The molecule has 0 aliphatic carbocycles. The van der Waals surface area contributed by atoms with E-state index in [0.29, 0.717) is 47.8 Å². The number of fused-ring (bicyclic) bond motifs is 1. The minimum absolute atomic E-state index is 0.131. The van der Waals surface area contributed by atoms with Gasteiger partial charge in [-0.1, -0.05) is 24.8 Å². The largest absolute Gasteiger partial charge is 0.457 e. The molecule has 0 spiro atoms. The molecule has 1 aliphatic rings. The number of para-hydroxylation sites is 1. The molecule has 5 rings (SSSR count). The molecule has 2 atom stereocenters. The second kappa shape index (κ2) is 9.55. The first-order valence-corrected chi connectivity index (χ1v) is 11.3. The quantitative estimate of drug-likeness (QED) is 0.427. The fourth-order valence-electron chi connectivity index (χ4n) is 4.44. The van der Waals surface area contributed by atoms with Gasteiger partial charge in [-0.2, -0.15) is 5.10 Å². The number of nitrogens with two attached hydrogens (primary N) is 1. The standard InChI is InChI=1S/C26H26N6O3/c1-3-22(33)31-14-18(13-21(15-31)34-2)32-26-23(25(27)28-16-29-26)24(30-32)17-9-11-20(12-10-17)35-19-7-5-4-6-8-19/h3-12,16,18,21H,1,13-15H2,2H3,(H2,27,28,29)/t18-,21-/m1/s1. The van der Waals surface area contributed by atoms with Gasteiger partial charge in [-0.3, -0.25) is 4.79 Å². The van der Waals surface area contributed by atoms with Crippen LogP contribution in [0.25, 0.3) is 22.3 Å². The summed E-state index contributed by atoms with van der Waals surface area (Å²) in [6.07, 6.45) is 3.30. The lowest BCUT2D eigenvalue weighted by atomic mass is 10.0. The molecular weight excluding hydrogens is 444 g/mol. The number of anilines is 1. The Morgan fingerprint density at radius 1 is 1.09 bits per heavy atom. The maximum absolute atomic E-state index is 12.4. The lowest BCUT2D eigenvalue weighted by Crippen LogP contribution is -2.47. The summed E-state index contributed by atoms with van der Waals surface area (Å²) >= 11 is 0. The van der Waals surface area contributed by atoms with E-state index in [-0.39, 0.29) is 18.1 Å². The summed E-state index contributed by atoms with van der Waals surface area (Å²) in [6.45, 7) is 4.59. The lowest BCUT2D eigenvalue weighted by molar-refractivity contribution is -0.130. The second-order valence-electron chi connectivity index (χ2n) is 8.38. The third kappa shape index (κ3) is 4.45. The SMILES string of the molecule is C=CC(=O)N1C[C@H](OC)C[C@@H](n2nc(-c3ccc(Oc4ccccc4)cc3)c3c(N)ncnc32)C1. The second-order valence-corrected chi connectivity index (χ2v) is 8.38. The molecule has 4 aromatic rings. The Morgan fingerprint density at radius 3 is 2.54 bits per heavy atom. The molecule has 0 saturated carbocycles. The number of nitrogens with zero attached hydrogens (tertiary/aromatic N) is 5. The fraction of sp³-hybridized carbons (Fsp3) is 0.231. The summed E-state index contributed by atoms with van der Waals surface area (Å²) in [5.74, 6) is 1.67. The predicted octanol–water partition coefficient (Wildman–Crippen LogP) is 3.84. The van der Waals surface area contributed by atoms with Crippen LogP contribution in [0.5, 0.6) is 11.5 Å². The van der Waals surface area contributed by atoms with E-state index in [0.717, 1.165) is 11.3 Å². The fourth-order valence-corrected chi connectivity index (χ4v) is 4.44. The van der Waals surface area contributed by atoms with E-state index < -0.39 is 0 Å². The molecule has 0 unspecified atom stereocenters. The summed E-state index contributed by atoms with van der Waals surface area (Å²) < 4.78 is 13.4. The molecule has 3 heterocycles. The Bertz CT molecular complexity index is 1350. The molecule has 0 radical (unpaired) electrons. The molecule has 9 heteroatoms. The van der Waals surface area contributed by atoms with Gasteiger partial charge in [-0.25, -0.2) is 14.6 Å². The molecule has 1 amide bonds. The van der Waals surface area contributed by atoms with Crippen molar-refractivity contribution in [1.29, 1.82) is 0 Å². The number of carbonyl (C=O) groups excluding carboxylic acids is 1. The Balaban J connectivity index is 1.52. The minimum atomic E-state index is -0.149. The van der Waals surface area contributed by atoms with Crippen molar-refractivity contribution in [1.82, 2.24) is 24.6 Å². The van der Waals surface area contributed by atoms with Gasteiger partial charge in [0.05, 0.1) is 17.5 Å². The lowest BCUT2D eigenvalue weighted by Gasteiger charge is -2.36. The Labute approximate surface area is 202 Å². The third-order valence-corrected chi connectivity index (χ3v) is 6.18. The third-order valence-electron chi connectivity index (χ3n) is 6.18. The van der Waals surface area contributed by atoms with E-state index in [9.17, 15) is 4.79 Å². The number of piperidine rings is 1. The summed E-state index contributed by atoms with van der Waals surface area (Å²) in [7, 11) is 1.65. The van der Waals surface area contributed by atoms with Crippen molar-refractivity contribution in [3.05, 3.63) is 73.6 Å². The number of methoxy groups -OCH3 is 1. The first-order chi connectivity index (χ1) is 17.1. The van der Waals surface area contributed by atoms with Crippen molar-refractivity contribution in [2.45, 2.75) is 18.6 Å². The number of ether oxygens (including phenoxy) is 2. The van der Waals surface area contributed by atoms with Gasteiger partial charge in [-0.15, -0.1) is 0 Å². The number of likely N-dealkylation sites (tertiary alicyclic amines) is 1. The van der Waals surface area contributed by atoms with E-state index in [1.165, 1.54) is 12.4 Å². The van der Waals surface area contributed by atoms with Gasteiger partial charge in [0.2, 0.25) is 5.91 Å². The predicted molar refractivity (Wildman–Crippen MR) is 133 cm³/mol. The van der Waals surface area contributed by atoms with Crippen LogP contribution in [0.3, 0.4) is 0 Å². The van der Waals surface area contributed by atoms with Crippen LogP contribution < -0.4 is 10.5 Å². The van der Waals surface area contributed by atoms with Crippen LogP contribution in [0.15, 0.2) is 73.6 Å². The van der Waals surface area contributed by atoms with Crippen molar-refractivity contribution in [2.75, 3.05) is 25.9 Å². The number of rotatable bonds is 6. The number of hydrogen-bond acceptors (Lipinski definition) is 7. The van der Waals surface area contributed by atoms with Crippen LogP contribution >= 0.6 is 0 Å². The first kappa shape index (κ1) is 22.5. The zero-order valence-electron chi connectivity index (χ0n) is 19.4. The molecule has 35 heavy (non-hydrogen) atoms. The van der Waals surface area contributed by atoms with Crippen molar-refractivity contribution in [3.63, 3.8) is 0 Å². The van der Waals surface area contributed by atoms with E-state index in [4.69, 9.17) is 20.3 Å². The summed E-state index contributed by atoms with van der Waals surface area (Å²) in [5, 5.41) is 5.59. The van der Waals surface area contributed by atoms with Crippen molar-refractivity contribution in [3.8, 4) is 22.8 Å². The van der Waals surface area contributed by atoms with Crippen LogP contribution in [0.4, 0.5) is 5.82 Å². The van der Waals surface area contributed by atoms with Crippen LogP contribution in [0.2, 0.25) is 0 Å². The highest BCUT2D eigenvalue weighted by atomic mass is 16.5. The van der Waals surface area contributed by atoms with Gasteiger partial charge in [0.15, 0.2) is 5.65 Å². The molecule has 178 valence electrons. The maximum Gasteiger partial charge on any atom is 0.246 e. The number of benzene rings is 2. The topological polar surface area (TPSA) is 108 Å². The monoisotopic (exact) mass is 470 g/mol. The molecule has 2 aromatic carbocycles. The van der Waals surface area contributed by atoms with E-state index >= 15 is 0 Å². The highest BCUT2D eigenvalue weighted by Gasteiger charge is 2.33. The summed E-state index contributed by atoms with van der Waals surface area (Å²) in [4.78, 5) is 22.8. The minimum Gasteiger partial charge on any atom is -0.457 e. The number of amides is 1. The number of aromatic nitrogens is 4. The van der Waals surface area contributed by atoms with Crippen LogP contribution in [0, 0.1) is 0 Å². The number of hydrogen-bond donors (Lipinski definition) is 1. The normalized spacial score (nSPS) is 17.9. The average Bonchev–Trinajstić information content (AvgIpc) is 3.30. The van der Waals surface area contributed by atoms with Gasteiger partial charge >= 0.3 is 0 Å². The van der Waals surface area contributed by atoms with E-state index in [1.54, 1.807) is 12.0 Å². The van der Waals surface area contributed by atoms with E-state index in [1.807, 2.05) is 59.3 Å². The van der Waals surface area contributed by atoms with Gasteiger partial charge < -0.3 is 20.1 Å². The summed E-state index contributed by atoms with van der Waals surface area (Å²) in [6, 6.07) is 17.1. The molecule has 2 N–H and O–H groups in total. The Kier molecular flexibility index (Phi) is 6.15. The van der Waals surface area contributed by atoms with Crippen molar-refractivity contribution < 1.29 is 14.3 Å². The van der Waals surface area contributed by atoms with E-state index in [2.05, 4.69) is 16.5 Å². The number of nitrogen functional groups attached to an aromatic ring is 1. The highest BCUT2D eigenvalue weighted by molar-refractivity contribution is 5.98. The molecule has 2 aromatic heterocycles. The Hall–Kier alpha value is -4.24. The van der Waals surface area contributed by atoms with Crippen molar-refractivity contribution in [2.24, 2.45) is 0 Å². The zero-order valence-corrected chi connectivity index (χ0v) is 19.4. The smallest absolute Gasteiger partial charge is 0.246 e. The molecule has 1 fully saturated rings. The molecular formula is C26H26N6O3. The van der Waals surface area contributed by atoms with Crippen LogP contribution in [-0.2, 0) is 9.53 Å². The Morgan fingerprint density at radius 2 is 1.83 bits per heavy atom. The van der Waals surface area contributed by atoms with Crippen molar-refractivity contribution >= 4 is 22.8 Å². The zero-order chi connectivity index (χ0) is 24.4. The van der Waals surface area contributed by atoms with Gasteiger partial charge in [-0.05, 0) is 48.9 Å².